The van der Waals surface area contributed by atoms with Crippen molar-refractivity contribution in [3.8, 4) is 11.5 Å². The number of alkyl halides is 3. The number of hydrogen-bond donors (Lipinski definition) is 2. The maximum Gasteiger partial charge on any atom is 0.573 e. The molecule has 0 aliphatic carbocycles. The van der Waals surface area contributed by atoms with Gasteiger partial charge < -0.3 is 14.8 Å². The summed E-state index contributed by atoms with van der Waals surface area (Å²) in [5.74, 6) is -0.264. The minimum atomic E-state index is -4.87. The van der Waals surface area contributed by atoms with Crippen LogP contribution in [0, 0.1) is 0 Å². The van der Waals surface area contributed by atoms with Gasteiger partial charge in [0, 0.05) is 25.1 Å². The number of hydrogen-bond acceptors (Lipinski definition) is 5. The van der Waals surface area contributed by atoms with Crippen LogP contribution in [0.2, 0.25) is 0 Å². The van der Waals surface area contributed by atoms with E-state index in [9.17, 15) is 26.4 Å². The molecule has 0 heterocycles. The summed E-state index contributed by atoms with van der Waals surface area (Å²) in [6, 6.07) is 11.0. The summed E-state index contributed by atoms with van der Waals surface area (Å²) in [5.41, 5.74) is 0.784. The lowest BCUT2D eigenvalue weighted by atomic mass is 10.2. The zero-order valence-electron chi connectivity index (χ0n) is 16.9. The molecule has 0 aromatic heterocycles. The van der Waals surface area contributed by atoms with E-state index in [1.165, 1.54) is 0 Å². The number of halogens is 3. The lowest BCUT2D eigenvalue weighted by molar-refractivity contribution is -0.274. The number of carbonyl (C=O) groups excluding carboxylic acids is 1. The molecule has 0 bridgehead atoms. The molecule has 2 aromatic rings. The van der Waals surface area contributed by atoms with Crippen molar-refractivity contribution in [2.24, 2.45) is 0 Å². The molecule has 2 N–H and O–H groups in total. The molecule has 2 rings (SSSR count). The summed E-state index contributed by atoms with van der Waals surface area (Å²) in [6.45, 7) is 3.81. The van der Waals surface area contributed by atoms with Crippen molar-refractivity contribution in [1.82, 2.24) is 10.0 Å². The van der Waals surface area contributed by atoms with Gasteiger partial charge in [-0.1, -0.05) is 18.2 Å². The van der Waals surface area contributed by atoms with Gasteiger partial charge in [-0.2, -0.15) is 0 Å². The highest BCUT2D eigenvalue weighted by molar-refractivity contribution is 7.89. The van der Waals surface area contributed by atoms with Crippen LogP contribution in [0.4, 0.5) is 13.2 Å². The molecular weight excluding hydrogens is 437 g/mol. The Balaban J connectivity index is 1.84. The van der Waals surface area contributed by atoms with Crippen LogP contribution in [-0.4, -0.2) is 33.3 Å². The maximum absolute atomic E-state index is 12.2. The first kappa shape index (κ1) is 24.5. The van der Waals surface area contributed by atoms with Crippen LogP contribution in [0.15, 0.2) is 53.4 Å². The Morgan fingerprint density at radius 1 is 1.06 bits per heavy atom. The molecular formula is C20H23F3N2O5S. The Hall–Kier alpha value is -2.79. The molecule has 0 saturated carbocycles. The van der Waals surface area contributed by atoms with Gasteiger partial charge in [0.15, 0.2) is 0 Å². The van der Waals surface area contributed by atoms with E-state index in [4.69, 9.17) is 4.74 Å². The van der Waals surface area contributed by atoms with Gasteiger partial charge >= 0.3 is 6.36 Å². The SMILES string of the molecule is CC(C)Oc1ccccc1CNC(=O)CCNS(=O)(=O)c1ccc(OC(F)(F)F)cc1. The minimum Gasteiger partial charge on any atom is -0.491 e. The predicted octanol–water partition coefficient (Wildman–Crippen LogP) is 3.36. The van der Waals surface area contributed by atoms with Crippen LogP contribution >= 0.6 is 0 Å². The molecule has 0 aliphatic rings. The van der Waals surface area contributed by atoms with E-state index >= 15 is 0 Å². The number of rotatable bonds is 10. The summed E-state index contributed by atoms with van der Waals surface area (Å²) in [6.07, 6.45) is -5.02. The molecule has 0 radical (unpaired) electrons. The fourth-order valence-corrected chi connectivity index (χ4v) is 3.54. The predicted molar refractivity (Wildman–Crippen MR) is 107 cm³/mol. The molecule has 170 valence electrons. The summed E-state index contributed by atoms with van der Waals surface area (Å²) in [4.78, 5) is 11.8. The van der Waals surface area contributed by atoms with Crippen LogP contribution in [0.3, 0.4) is 0 Å². The highest BCUT2D eigenvalue weighted by atomic mass is 32.2. The number of sulfonamides is 1. The van der Waals surface area contributed by atoms with Crippen molar-refractivity contribution < 1.29 is 35.9 Å². The molecule has 0 fully saturated rings. The zero-order valence-corrected chi connectivity index (χ0v) is 17.7. The second-order valence-corrected chi connectivity index (χ2v) is 8.48. The molecule has 0 saturated heterocycles. The van der Waals surface area contributed by atoms with E-state index in [0.29, 0.717) is 5.75 Å². The number of nitrogens with one attached hydrogen (secondary N) is 2. The molecule has 0 unspecified atom stereocenters. The van der Waals surface area contributed by atoms with Gasteiger partial charge in [-0.25, -0.2) is 13.1 Å². The number of amides is 1. The van der Waals surface area contributed by atoms with Gasteiger partial charge in [0.2, 0.25) is 15.9 Å². The van der Waals surface area contributed by atoms with Crippen molar-refractivity contribution in [3.63, 3.8) is 0 Å². The van der Waals surface area contributed by atoms with Crippen LogP contribution in [0.1, 0.15) is 25.8 Å². The van der Waals surface area contributed by atoms with Crippen LogP contribution < -0.4 is 19.5 Å². The summed E-state index contributed by atoms with van der Waals surface area (Å²) in [7, 11) is -3.99. The summed E-state index contributed by atoms with van der Waals surface area (Å²) < 4.78 is 72.5. The highest BCUT2D eigenvalue weighted by Crippen LogP contribution is 2.24. The van der Waals surface area contributed by atoms with Gasteiger partial charge in [-0.15, -0.1) is 13.2 Å². The molecule has 0 atom stereocenters. The van der Waals surface area contributed by atoms with E-state index in [0.717, 1.165) is 29.8 Å². The Bertz CT molecular complexity index is 977. The molecule has 2 aromatic carbocycles. The third kappa shape index (κ3) is 8.46. The van der Waals surface area contributed by atoms with Crippen molar-refractivity contribution >= 4 is 15.9 Å². The lowest BCUT2D eigenvalue weighted by Gasteiger charge is -2.14. The van der Waals surface area contributed by atoms with E-state index in [2.05, 4.69) is 14.8 Å². The van der Waals surface area contributed by atoms with Crippen LogP contribution in [0.5, 0.6) is 11.5 Å². The van der Waals surface area contributed by atoms with E-state index < -0.39 is 22.1 Å². The van der Waals surface area contributed by atoms with Crippen molar-refractivity contribution in [2.75, 3.05) is 6.54 Å². The fourth-order valence-electron chi connectivity index (χ4n) is 2.50. The number of ether oxygens (including phenoxy) is 2. The van der Waals surface area contributed by atoms with Crippen molar-refractivity contribution in [1.29, 1.82) is 0 Å². The summed E-state index contributed by atoms with van der Waals surface area (Å²) in [5, 5.41) is 2.69. The number of para-hydroxylation sites is 1. The van der Waals surface area contributed by atoms with E-state index in [1.54, 1.807) is 6.07 Å². The standard InChI is InChI=1S/C20H23F3N2O5S/c1-14(2)29-18-6-4-3-5-15(18)13-24-19(26)11-12-25-31(27,28)17-9-7-16(8-10-17)30-20(21,22)23/h3-10,14,25H,11-13H2,1-2H3,(H,24,26). The zero-order chi connectivity index (χ0) is 23.1. The topological polar surface area (TPSA) is 93.7 Å². The largest absolute Gasteiger partial charge is 0.573 e. The summed E-state index contributed by atoms with van der Waals surface area (Å²) >= 11 is 0. The lowest BCUT2D eigenvalue weighted by Crippen LogP contribution is -2.30. The van der Waals surface area contributed by atoms with Crippen molar-refractivity contribution in [3.05, 3.63) is 54.1 Å². The highest BCUT2D eigenvalue weighted by Gasteiger charge is 2.31. The van der Waals surface area contributed by atoms with Crippen LogP contribution in [-0.2, 0) is 21.4 Å². The Morgan fingerprint density at radius 2 is 1.71 bits per heavy atom. The first-order valence-electron chi connectivity index (χ1n) is 9.33. The average Bonchev–Trinajstić information content (AvgIpc) is 2.66. The Labute approximate surface area is 178 Å². The number of benzene rings is 2. The Kier molecular flexibility index (Phi) is 8.28. The maximum atomic E-state index is 12.2. The second kappa shape index (κ2) is 10.5. The van der Waals surface area contributed by atoms with Gasteiger partial charge in [-0.05, 0) is 44.2 Å². The van der Waals surface area contributed by atoms with Crippen molar-refractivity contribution in [2.45, 2.75) is 44.2 Å². The molecule has 11 heteroatoms. The first-order chi connectivity index (χ1) is 14.5. The smallest absolute Gasteiger partial charge is 0.491 e. The third-order valence-electron chi connectivity index (χ3n) is 3.82. The van der Waals surface area contributed by atoms with Gasteiger partial charge in [-0.3, -0.25) is 4.79 Å². The molecule has 0 spiro atoms. The molecule has 7 nitrogen and oxygen atoms in total. The second-order valence-electron chi connectivity index (χ2n) is 6.72. The third-order valence-corrected chi connectivity index (χ3v) is 5.30. The molecule has 0 aliphatic heterocycles. The van der Waals surface area contributed by atoms with Gasteiger partial charge in [0.25, 0.3) is 0 Å². The van der Waals surface area contributed by atoms with Crippen LogP contribution in [0.25, 0.3) is 0 Å². The van der Waals surface area contributed by atoms with E-state index in [-0.39, 0.29) is 36.4 Å². The normalized spacial score (nSPS) is 11.9. The fraction of sp³-hybridized carbons (Fsp3) is 0.350. The van der Waals surface area contributed by atoms with E-state index in [1.807, 2.05) is 32.0 Å². The molecule has 1 amide bonds. The Morgan fingerprint density at radius 3 is 2.32 bits per heavy atom. The quantitative estimate of drug-likeness (QED) is 0.567. The monoisotopic (exact) mass is 460 g/mol. The van der Waals surface area contributed by atoms with Gasteiger partial charge in [0.1, 0.15) is 11.5 Å². The average molecular weight is 460 g/mol. The first-order valence-corrected chi connectivity index (χ1v) is 10.8. The molecule has 31 heavy (non-hydrogen) atoms. The van der Waals surface area contributed by atoms with Gasteiger partial charge in [0.05, 0.1) is 11.0 Å². The minimum absolute atomic E-state index is 0.0275. The number of carbonyl (C=O) groups is 1.